The molecule has 4 nitrogen and oxygen atoms in total. The van der Waals surface area contributed by atoms with E-state index in [1.54, 1.807) is 13.8 Å². The maximum Gasteiger partial charge on any atom is 0.323 e. The predicted molar refractivity (Wildman–Crippen MR) is 58.6 cm³/mol. The lowest BCUT2D eigenvalue weighted by Crippen LogP contribution is -2.32. The average molecular weight is 228 g/mol. The van der Waals surface area contributed by atoms with Crippen molar-refractivity contribution in [3.05, 3.63) is 0 Å². The lowest BCUT2D eigenvalue weighted by molar-refractivity contribution is -0.165. The molecule has 0 aromatic rings. The van der Waals surface area contributed by atoms with Gasteiger partial charge in [0.05, 0.1) is 13.2 Å². The molecule has 1 rings (SSSR count). The second-order valence-corrected chi connectivity index (χ2v) is 4.47. The second-order valence-electron chi connectivity index (χ2n) is 4.47. The third-order valence-corrected chi connectivity index (χ3v) is 3.10. The zero-order valence-electron chi connectivity index (χ0n) is 10.4. The number of rotatable bonds is 5. The first-order valence-corrected chi connectivity index (χ1v) is 5.85. The van der Waals surface area contributed by atoms with E-state index < -0.39 is 17.4 Å². The molecule has 0 radical (unpaired) electrons. The van der Waals surface area contributed by atoms with Crippen molar-refractivity contribution < 1.29 is 19.1 Å². The van der Waals surface area contributed by atoms with Crippen LogP contribution in [-0.2, 0) is 19.1 Å². The van der Waals surface area contributed by atoms with Crippen molar-refractivity contribution in [2.75, 3.05) is 13.2 Å². The van der Waals surface area contributed by atoms with Gasteiger partial charge in [-0.25, -0.2) is 0 Å². The maximum absolute atomic E-state index is 11.8. The summed E-state index contributed by atoms with van der Waals surface area (Å²) in [5, 5.41) is 0. The van der Waals surface area contributed by atoms with Gasteiger partial charge in [0, 0.05) is 0 Å². The van der Waals surface area contributed by atoms with Crippen LogP contribution in [0.15, 0.2) is 0 Å². The quantitative estimate of drug-likeness (QED) is 0.531. The van der Waals surface area contributed by atoms with Gasteiger partial charge in [-0.2, -0.15) is 0 Å². The highest BCUT2D eigenvalue weighted by molar-refractivity contribution is 6.03. The van der Waals surface area contributed by atoms with Gasteiger partial charge in [0.25, 0.3) is 0 Å². The number of ether oxygens (including phenoxy) is 2. The molecular formula is C12H20O4. The van der Waals surface area contributed by atoms with Crippen molar-refractivity contribution >= 4 is 11.9 Å². The molecule has 92 valence electrons. The van der Waals surface area contributed by atoms with Gasteiger partial charge in [0.2, 0.25) is 0 Å². The lowest BCUT2D eigenvalue weighted by atomic mass is 9.97. The molecule has 1 fully saturated rings. The summed E-state index contributed by atoms with van der Waals surface area (Å²) in [7, 11) is 0. The molecule has 1 saturated carbocycles. The Bertz CT molecular complexity index is 265. The molecule has 0 spiro atoms. The molecule has 1 unspecified atom stereocenters. The fourth-order valence-corrected chi connectivity index (χ4v) is 2.17. The van der Waals surface area contributed by atoms with Gasteiger partial charge in [-0.1, -0.05) is 13.8 Å². The van der Waals surface area contributed by atoms with Gasteiger partial charge in [0.15, 0.2) is 5.41 Å². The summed E-state index contributed by atoms with van der Waals surface area (Å²) < 4.78 is 9.95. The van der Waals surface area contributed by atoms with Gasteiger partial charge in [-0.05, 0) is 32.1 Å². The third kappa shape index (κ3) is 2.06. The first kappa shape index (κ1) is 13.0. The lowest BCUT2D eigenvalue weighted by Gasteiger charge is -2.15. The molecule has 0 aromatic heterocycles. The molecule has 0 saturated heterocycles. The summed E-state index contributed by atoms with van der Waals surface area (Å²) in [5.41, 5.74) is -1.01. The van der Waals surface area contributed by atoms with E-state index in [1.807, 2.05) is 13.8 Å². The van der Waals surface area contributed by atoms with Crippen molar-refractivity contribution in [1.29, 1.82) is 0 Å². The molecular weight excluding hydrogens is 208 g/mol. The Morgan fingerprint density at radius 2 is 1.62 bits per heavy atom. The molecule has 0 heterocycles. The second kappa shape index (κ2) is 4.85. The topological polar surface area (TPSA) is 52.6 Å². The molecule has 16 heavy (non-hydrogen) atoms. The van der Waals surface area contributed by atoms with E-state index in [-0.39, 0.29) is 11.8 Å². The molecule has 1 aliphatic rings. The van der Waals surface area contributed by atoms with Crippen LogP contribution in [0.2, 0.25) is 0 Å². The van der Waals surface area contributed by atoms with Crippen molar-refractivity contribution in [2.45, 2.75) is 34.1 Å². The van der Waals surface area contributed by atoms with E-state index in [0.29, 0.717) is 19.6 Å². The zero-order valence-corrected chi connectivity index (χ0v) is 10.4. The SMILES string of the molecule is CCOC(=O)C1(C(=O)OCC)CC1C(C)C. The highest BCUT2D eigenvalue weighted by Gasteiger charge is 2.68. The summed E-state index contributed by atoms with van der Waals surface area (Å²) in [4.78, 5) is 23.7. The van der Waals surface area contributed by atoms with Gasteiger partial charge in [-0.15, -0.1) is 0 Å². The van der Waals surface area contributed by atoms with Crippen LogP contribution in [0, 0.1) is 17.3 Å². The minimum Gasteiger partial charge on any atom is -0.465 e. The van der Waals surface area contributed by atoms with Crippen LogP contribution in [0.4, 0.5) is 0 Å². The summed E-state index contributed by atoms with van der Waals surface area (Å²) in [6.45, 7) is 8.08. The van der Waals surface area contributed by atoms with Crippen LogP contribution in [-0.4, -0.2) is 25.2 Å². The fraction of sp³-hybridized carbons (Fsp3) is 0.833. The Kier molecular flexibility index (Phi) is 3.94. The first-order valence-electron chi connectivity index (χ1n) is 5.85. The summed E-state index contributed by atoms with van der Waals surface area (Å²) in [6.07, 6.45) is 0.558. The van der Waals surface area contributed by atoms with Crippen LogP contribution in [0.25, 0.3) is 0 Å². The molecule has 0 aromatic carbocycles. The molecule has 0 amide bonds. The normalized spacial score (nSPS) is 21.7. The summed E-state index contributed by atoms with van der Waals surface area (Å²) in [5.74, 6) is -0.501. The van der Waals surface area contributed by atoms with Crippen LogP contribution in [0.5, 0.6) is 0 Å². The van der Waals surface area contributed by atoms with E-state index in [4.69, 9.17) is 9.47 Å². The monoisotopic (exact) mass is 228 g/mol. The number of hydrogen-bond donors (Lipinski definition) is 0. The van der Waals surface area contributed by atoms with E-state index in [2.05, 4.69) is 0 Å². The minimum absolute atomic E-state index is 0.0607. The standard InChI is InChI=1S/C12H20O4/c1-5-15-10(13)12(11(14)16-6-2)7-9(12)8(3)4/h8-9H,5-7H2,1-4H3. The van der Waals surface area contributed by atoms with E-state index >= 15 is 0 Å². The smallest absolute Gasteiger partial charge is 0.323 e. The van der Waals surface area contributed by atoms with Gasteiger partial charge < -0.3 is 9.47 Å². The molecule has 4 heteroatoms. The third-order valence-electron chi connectivity index (χ3n) is 3.10. The minimum atomic E-state index is -1.01. The largest absolute Gasteiger partial charge is 0.465 e. The van der Waals surface area contributed by atoms with Crippen molar-refractivity contribution in [3.8, 4) is 0 Å². The molecule has 0 N–H and O–H groups in total. The maximum atomic E-state index is 11.8. The van der Waals surface area contributed by atoms with Crippen LogP contribution in [0.1, 0.15) is 34.1 Å². The Hall–Kier alpha value is -1.06. The molecule has 0 bridgehead atoms. The van der Waals surface area contributed by atoms with Crippen molar-refractivity contribution in [1.82, 2.24) is 0 Å². The molecule has 0 aliphatic heterocycles. The van der Waals surface area contributed by atoms with E-state index in [1.165, 1.54) is 0 Å². The van der Waals surface area contributed by atoms with Gasteiger partial charge >= 0.3 is 11.9 Å². The fourth-order valence-electron chi connectivity index (χ4n) is 2.17. The highest BCUT2D eigenvalue weighted by atomic mass is 16.6. The average Bonchev–Trinajstić information content (AvgIpc) is 2.94. The number of hydrogen-bond acceptors (Lipinski definition) is 4. The Morgan fingerprint density at radius 3 is 1.88 bits per heavy atom. The molecule has 1 atom stereocenters. The number of carbonyl (C=O) groups excluding carboxylic acids is 2. The highest BCUT2D eigenvalue weighted by Crippen LogP contribution is 2.58. The molecule has 1 aliphatic carbocycles. The van der Waals surface area contributed by atoms with E-state index in [9.17, 15) is 9.59 Å². The van der Waals surface area contributed by atoms with Crippen molar-refractivity contribution in [2.24, 2.45) is 17.3 Å². The van der Waals surface area contributed by atoms with Crippen LogP contribution in [0.3, 0.4) is 0 Å². The van der Waals surface area contributed by atoms with Crippen LogP contribution < -0.4 is 0 Å². The summed E-state index contributed by atoms with van der Waals surface area (Å²) >= 11 is 0. The van der Waals surface area contributed by atoms with Gasteiger partial charge in [0.1, 0.15) is 0 Å². The summed E-state index contributed by atoms with van der Waals surface area (Å²) in [6, 6.07) is 0. The Labute approximate surface area is 96.3 Å². The van der Waals surface area contributed by atoms with E-state index in [0.717, 1.165) is 0 Å². The Morgan fingerprint density at radius 1 is 1.19 bits per heavy atom. The van der Waals surface area contributed by atoms with Crippen molar-refractivity contribution in [3.63, 3.8) is 0 Å². The number of carbonyl (C=O) groups is 2. The number of esters is 2. The van der Waals surface area contributed by atoms with Crippen LogP contribution >= 0.6 is 0 Å². The van der Waals surface area contributed by atoms with Gasteiger partial charge in [-0.3, -0.25) is 9.59 Å². The first-order chi connectivity index (χ1) is 7.50. The zero-order chi connectivity index (χ0) is 12.3. The predicted octanol–water partition coefficient (Wildman–Crippen LogP) is 1.77. The Balaban J connectivity index is 2.81.